The van der Waals surface area contributed by atoms with Gasteiger partial charge in [-0.25, -0.2) is 8.42 Å². The minimum atomic E-state index is -3.29. The Labute approximate surface area is 118 Å². The third-order valence-corrected chi connectivity index (χ3v) is 3.70. The summed E-state index contributed by atoms with van der Waals surface area (Å²) in [6.45, 7) is 0.626. The topological polar surface area (TPSA) is 75.7 Å². The van der Waals surface area contributed by atoms with Crippen LogP contribution < -0.4 is 9.62 Å². The molecule has 1 aromatic carbocycles. The smallest absolute Gasteiger partial charge is 0.255 e. The lowest BCUT2D eigenvalue weighted by molar-refractivity contribution is -0.127. The number of carbonyl (C=O) groups excluding carboxylic acids is 1. The summed E-state index contributed by atoms with van der Waals surface area (Å²) in [6.07, 6.45) is 2.38. The summed E-state index contributed by atoms with van der Waals surface area (Å²) in [6, 6.07) is 6.63. The molecule has 2 rings (SSSR count). The van der Waals surface area contributed by atoms with Crippen molar-refractivity contribution in [1.29, 1.82) is 0 Å². The van der Waals surface area contributed by atoms with Crippen LogP contribution in [0.4, 0.5) is 11.4 Å². The van der Waals surface area contributed by atoms with Gasteiger partial charge in [-0.15, -0.1) is 0 Å². The first-order chi connectivity index (χ1) is 9.37. The predicted octanol–water partition coefficient (Wildman–Crippen LogP) is 1.20. The van der Waals surface area contributed by atoms with Crippen LogP contribution in [-0.2, 0) is 19.6 Å². The Balaban J connectivity index is 2.07. The molecular weight excluding hydrogens is 280 g/mol. The first kappa shape index (κ1) is 14.8. The van der Waals surface area contributed by atoms with Crippen molar-refractivity contribution in [2.45, 2.75) is 18.9 Å². The second-order valence-corrected chi connectivity index (χ2v) is 6.57. The Kier molecular flexibility index (Phi) is 4.29. The van der Waals surface area contributed by atoms with Crippen LogP contribution in [-0.4, -0.2) is 40.3 Å². The van der Waals surface area contributed by atoms with Crippen molar-refractivity contribution in [3.05, 3.63) is 24.3 Å². The highest BCUT2D eigenvalue weighted by Gasteiger charge is 2.27. The molecule has 6 nitrogen and oxygen atoms in total. The lowest BCUT2D eigenvalue weighted by atomic mass is 10.2. The van der Waals surface area contributed by atoms with Gasteiger partial charge >= 0.3 is 0 Å². The molecule has 0 saturated carbocycles. The molecule has 1 aliphatic rings. The average molecular weight is 298 g/mol. The van der Waals surface area contributed by atoms with E-state index in [9.17, 15) is 13.2 Å². The van der Waals surface area contributed by atoms with Gasteiger partial charge in [-0.1, -0.05) is 0 Å². The third kappa shape index (κ3) is 3.71. The third-order valence-electron chi connectivity index (χ3n) is 3.09. The lowest BCUT2D eigenvalue weighted by Gasteiger charge is -2.21. The maximum Gasteiger partial charge on any atom is 0.255 e. The Hall–Kier alpha value is -1.60. The second-order valence-electron chi connectivity index (χ2n) is 4.82. The number of nitrogens with zero attached hydrogens (tertiary/aromatic N) is 1. The number of anilines is 2. The maximum absolute atomic E-state index is 12.1. The van der Waals surface area contributed by atoms with Gasteiger partial charge in [0.25, 0.3) is 5.91 Å². The number of hydrogen-bond acceptors (Lipinski definition) is 4. The van der Waals surface area contributed by atoms with Gasteiger partial charge in [0.1, 0.15) is 6.10 Å². The molecule has 1 aromatic rings. The van der Waals surface area contributed by atoms with Crippen LogP contribution in [0.2, 0.25) is 0 Å². The van der Waals surface area contributed by atoms with Crippen molar-refractivity contribution < 1.29 is 17.9 Å². The second kappa shape index (κ2) is 5.80. The van der Waals surface area contributed by atoms with Crippen molar-refractivity contribution in [3.63, 3.8) is 0 Å². The van der Waals surface area contributed by atoms with Gasteiger partial charge in [-0.2, -0.15) is 0 Å². The van der Waals surface area contributed by atoms with Gasteiger partial charge in [0, 0.05) is 25.0 Å². The molecule has 1 fully saturated rings. The highest BCUT2D eigenvalue weighted by Crippen LogP contribution is 2.21. The van der Waals surface area contributed by atoms with Gasteiger partial charge in [-0.3, -0.25) is 9.52 Å². The summed E-state index contributed by atoms with van der Waals surface area (Å²) in [4.78, 5) is 13.7. The van der Waals surface area contributed by atoms with E-state index in [-0.39, 0.29) is 12.0 Å². The average Bonchev–Trinajstić information content (AvgIpc) is 2.90. The summed E-state index contributed by atoms with van der Waals surface area (Å²) < 4.78 is 30.0. The molecule has 1 N–H and O–H groups in total. The van der Waals surface area contributed by atoms with E-state index in [0.717, 1.165) is 19.1 Å². The van der Waals surface area contributed by atoms with E-state index in [4.69, 9.17) is 4.74 Å². The summed E-state index contributed by atoms with van der Waals surface area (Å²) >= 11 is 0. The first-order valence-corrected chi connectivity index (χ1v) is 8.23. The highest BCUT2D eigenvalue weighted by molar-refractivity contribution is 7.92. The molecule has 1 heterocycles. The fourth-order valence-electron chi connectivity index (χ4n) is 2.08. The van der Waals surface area contributed by atoms with Crippen molar-refractivity contribution in [2.75, 3.05) is 29.5 Å². The van der Waals surface area contributed by atoms with E-state index in [1.807, 2.05) is 0 Å². The SMILES string of the molecule is CN(C(=O)C1CCCO1)c1ccc(NS(C)(=O)=O)cc1. The van der Waals surface area contributed by atoms with E-state index in [0.29, 0.717) is 18.0 Å². The molecule has 110 valence electrons. The van der Waals surface area contributed by atoms with Gasteiger partial charge in [0.05, 0.1) is 6.26 Å². The number of sulfonamides is 1. The number of hydrogen-bond donors (Lipinski definition) is 1. The van der Waals surface area contributed by atoms with Crippen LogP contribution in [0.1, 0.15) is 12.8 Å². The molecule has 0 spiro atoms. The lowest BCUT2D eigenvalue weighted by Crippen LogP contribution is -2.35. The summed E-state index contributed by atoms with van der Waals surface area (Å²) in [5.74, 6) is -0.0775. The van der Waals surface area contributed by atoms with Crippen LogP contribution in [0.15, 0.2) is 24.3 Å². The number of nitrogens with one attached hydrogen (secondary N) is 1. The van der Waals surface area contributed by atoms with Crippen molar-refractivity contribution >= 4 is 27.3 Å². The Morgan fingerprint density at radius 2 is 2.00 bits per heavy atom. The summed E-state index contributed by atoms with van der Waals surface area (Å²) in [7, 11) is -1.61. The zero-order chi connectivity index (χ0) is 14.8. The molecule has 0 bridgehead atoms. The van der Waals surface area contributed by atoms with E-state index in [1.165, 1.54) is 4.90 Å². The zero-order valence-electron chi connectivity index (χ0n) is 11.5. The largest absolute Gasteiger partial charge is 0.368 e. The van der Waals surface area contributed by atoms with Crippen LogP contribution in [0, 0.1) is 0 Å². The van der Waals surface area contributed by atoms with Gasteiger partial charge < -0.3 is 9.64 Å². The van der Waals surface area contributed by atoms with Crippen molar-refractivity contribution in [2.24, 2.45) is 0 Å². The highest BCUT2D eigenvalue weighted by atomic mass is 32.2. The van der Waals surface area contributed by atoms with Crippen LogP contribution in [0.3, 0.4) is 0 Å². The van der Waals surface area contributed by atoms with E-state index < -0.39 is 10.0 Å². The Morgan fingerprint density at radius 3 is 2.50 bits per heavy atom. The number of amides is 1. The molecule has 1 unspecified atom stereocenters. The first-order valence-electron chi connectivity index (χ1n) is 6.34. The number of ether oxygens (including phenoxy) is 1. The molecular formula is C13H18N2O4S. The molecule has 20 heavy (non-hydrogen) atoms. The van der Waals surface area contributed by atoms with Gasteiger partial charge in [-0.05, 0) is 37.1 Å². The maximum atomic E-state index is 12.1. The molecule has 1 aliphatic heterocycles. The zero-order valence-corrected chi connectivity index (χ0v) is 12.3. The van der Waals surface area contributed by atoms with Crippen LogP contribution >= 0.6 is 0 Å². The monoisotopic (exact) mass is 298 g/mol. The molecule has 0 aliphatic carbocycles. The Bertz CT molecular complexity index is 577. The number of carbonyl (C=O) groups is 1. The fraction of sp³-hybridized carbons (Fsp3) is 0.462. The minimum Gasteiger partial charge on any atom is -0.368 e. The summed E-state index contributed by atoms with van der Waals surface area (Å²) in [5, 5.41) is 0. The molecule has 0 radical (unpaired) electrons. The molecule has 1 saturated heterocycles. The normalized spacial score (nSPS) is 18.8. The molecule has 1 atom stereocenters. The van der Waals surface area contributed by atoms with Crippen LogP contribution in [0.5, 0.6) is 0 Å². The van der Waals surface area contributed by atoms with Crippen molar-refractivity contribution in [3.8, 4) is 0 Å². The van der Waals surface area contributed by atoms with Gasteiger partial charge in [0.2, 0.25) is 10.0 Å². The van der Waals surface area contributed by atoms with Gasteiger partial charge in [0.15, 0.2) is 0 Å². The predicted molar refractivity (Wildman–Crippen MR) is 77.3 cm³/mol. The van der Waals surface area contributed by atoms with E-state index in [2.05, 4.69) is 4.72 Å². The van der Waals surface area contributed by atoms with E-state index in [1.54, 1.807) is 31.3 Å². The minimum absolute atomic E-state index is 0.0775. The molecule has 0 aromatic heterocycles. The standard InChI is InChI=1S/C13H18N2O4S/c1-15(13(16)12-4-3-9-19-12)11-7-5-10(6-8-11)14-20(2,17)18/h5-8,12,14H,3-4,9H2,1-2H3. The Morgan fingerprint density at radius 1 is 1.35 bits per heavy atom. The summed E-state index contributed by atoms with van der Waals surface area (Å²) in [5.41, 5.74) is 1.17. The molecule has 7 heteroatoms. The fourth-order valence-corrected chi connectivity index (χ4v) is 2.65. The number of likely N-dealkylation sites (N-methyl/N-ethyl adjacent to an activating group) is 1. The van der Waals surface area contributed by atoms with Crippen molar-refractivity contribution in [1.82, 2.24) is 0 Å². The molecule has 1 amide bonds. The number of benzene rings is 1. The number of rotatable bonds is 4. The van der Waals surface area contributed by atoms with Crippen LogP contribution in [0.25, 0.3) is 0 Å². The van der Waals surface area contributed by atoms with E-state index >= 15 is 0 Å². The quantitative estimate of drug-likeness (QED) is 0.906.